The van der Waals surface area contributed by atoms with Crippen LogP contribution in [0.3, 0.4) is 0 Å². The second kappa shape index (κ2) is 6.35. The molecule has 3 rings (SSSR count). The number of amides is 1. The fraction of sp³-hybridized carbons (Fsp3) is 0.588. The summed E-state index contributed by atoms with van der Waals surface area (Å²) >= 11 is 0. The highest BCUT2D eigenvalue weighted by molar-refractivity contribution is 5.77. The molecule has 3 nitrogen and oxygen atoms in total. The number of rotatable bonds is 2. The first-order chi connectivity index (χ1) is 11.3. The van der Waals surface area contributed by atoms with Crippen LogP contribution in [-0.4, -0.2) is 30.4 Å². The summed E-state index contributed by atoms with van der Waals surface area (Å²) in [4.78, 5) is 13.7. The van der Waals surface area contributed by atoms with E-state index in [4.69, 9.17) is 0 Å². The van der Waals surface area contributed by atoms with Crippen LogP contribution in [0.1, 0.15) is 36.8 Å². The summed E-state index contributed by atoms with van der Waals surface area (Å²) in [5, 5.41) is 3.28. The third-order valence-electron chi connectivity index (χ3n) is 5.15. The molecule has 7 heteroatoms. The lowest BCUT2D eigenvalue weighted by Gasteiger charge is -2.45. The van der Waals surface area contributed by atoms with E-state index in [0.717, 1.165) is 50.6 Å². The van der Waals surface area contributed by atoms with Gasteiger partial charge in [0.05, 0.1) is 5.56 Å². The Morgan fingerprint density at radius 3 is 2.54 bits per heavy atom. The largest absolute Gasteiger partial charge is 0.416 e. The van der Waals surface area contributed by atoms with E-state index in [9.17, 15) is 22.4 Å². The zero-order valence-electron chi connectivity index (χ0n) is 13.3. The zero-order valence-corrected chi connectivity index (χ0v) is 13.3. The van der Waals surface area contributed by atoms with Crippen molar-refractivity contribution in [2.75, 3.05) is 19.6 Å². The van der Waals surface area contributed by atoms with Gasteiger partial charge in [-0.1, -0.05) is 0 Å². The Hall–Kier alpha value is -1.63. The van der Waals surface area contributed by atoms with Gasteiger partial charge in [0, 0.05) is 25.1 Å². The number of benzene rings is 1. The smallest absolute Gasteiger partial charge is 0.338 e. The molecule has 0 saturated carbocycles. The lowest BCUT2D eigenvalue weighted by atomic mass is 9.72. The average molecular weight is 344 g/mol. The van der Waals surface area contributed by atoms with E-state index in [1.165, 1.54) is 4.90 Å². The van der Waals surface area contributed by atoms with Crippen LogP contribution in [0, 0.1) is 11.2 Å². The average Bonchev–Trinajstić information content (AvgIpc) is 2.53. The molecule has 1 spiro atoms. The van der Waals surface area contributed by atoms with Gasteiger partial charge in [-0.05, 0) is 56.0 Å². The van der Waals surface area contributed by atoms with Crippen molar-refractivity contribution in [1.82, 2.24) is 10.2 Å². The molecule has 132 valence electrons. The van der Waals surface area contributed by atoms with Crippen molar-refractivity contribution in [3.8, 4) is 0 Å². The molecule has 0 aliphatic carbocycles. The Morgan fingerprint density at radius 1 is 1.17 bits per heavy atom. The van der Waals surface area contributed by atoms with E-state index < -0.39 is 17.6 Å². The molecule has 1 aromatic carbocycles. The number of carbonyl (C=O) groups excluding carboxylic acids is 1. The number of piperidine rings is 2. The van der Waals surface area contributed by atoms with Crippen molar-refractivity contribution < 1.29 is 22.4 Å². The zero-order chi connectivity index (χ0) is 17.4. The highest BCUT2D eigenvalue weighted by atomic mass is 19.4. The van der Waals surface area contributed by atoms with Gasteiger partial charge in [-0.2, -0.15) is 13.2 Å². The SMILES string of the molecule is O=C1CCC2(CCNCC2)CN1Cc1cc(C(F)(F)F)ccc1F. The van der Waals surface area contributed by atoms with Gasteiger partial charge in [0.25, 0.3) is 0 Å². The van der Waals surface area contributed by atoms with Gasteiger partial charge < -0.3 is 10.2 Å². The molecule has 0 unspecified atom stereocenters. The first kappa shape index (κ1) is 17.2. The van der Waals surface area contributed by atoms with Gasteiger partial charge in [0.15, 0.2) is 0 Å². The van der Waals surface area contributed by atoms with Crippen LogP contribution < -0.4 is 5.32 Å². The van der Waals surface area contributed by atoms with Crippen LogP contribution >= 0.6 is 0 Å². The van der Waals surface area contributed by atoms with Crippen molar-refractivity contribution in [3.05, 3.63) is 35.1 Å². The van der Waals surface area contributed by atoms with Crippen LogP contribution in [0.25, 0.3) is 0 Å². The van der Waals surface area contributed by atoms with E-state index in [1.54, 1.807) is 0 Å². The van der Waals surface area contributed by atoms with Gasteiger partial charge in [-0.3, -0.25) is 4.79 Å². The van der Waals surface area contributed by atoms with Gasteiger partial charge in [-0.25, -0.2) is 4.39 Å². The van der Waals surface area contributed by atoms with E-state index in [-0.39, 0.29) is 23.4 Å². The van der Waals surface area contributed by atoms with Crippen LogP contribution in [-0.2, 0) is 17.5 Å². The highest BCUT2D eigenvalue weighted by Gasteiger charge is 2.39. The number of likely N-dealkylation sites (tertiary alicyclic amines) is 1. The predicted octanol–water partition coefficient (Wildman–Crippen LogP) is 3.34. The Labute approximate surface area is 138 Å². The topological polar surface area (TPSA) is 32.3 Å². The van der Waals surface area contributed by atoms with Crippen molar-refractivity contribution in [2.45, 2.75) is 38.4 Å². The first-order valence-electron chi connectivity index (χ1n) is 8.13. The van der Waals surface area contributed by atoms with E-state index >= 15 is 0 Å². The molecule has 1 aromatic rings. The fourth-order valence-corrected chi connectivity index (χ4v) is 3.69. The van der Waals surface area contributed by atoms with Gasteiger partial charge in [0.2, 0.25) is 5.91 Å². The van der Waals surface area contributed by atoms with Gasteiger partial charge in [0.1, 0.15) is 5.82 Å². The van der Waals surface area contributed by atoms with E-state index in [0.29, 0.717) is 13.0 Å². The number of halogens is 4. The Kier molecular flexibility index (Phi) is 4.55. The van der Waals surface area contributed by atoms with Crippen LogP contribution in [0.4, 0.5) is 17.6 Å². The molecule has 0 atom stereocenters. The summed E-state index contributed by atoms with van der Waals surface area (Å²) in [7, 11) is 0. The Bertz CT molecular complexity index is 624. The second-order valence-electron chi connectivity index (χ2n) is 6.80. The van der Waals surface area contributed by atoms with E-state index in [1.807, 2.05) is 0 Å². The van der Waals surface area contributed by atoms with Gasteiger partial charge >= 0.3 is 6.18 Å². The van der Waals surface area contributed by atoms with Gasteiger partial charge in [-0.15, -0.1) is 0 Å². The quantitative estimate of drug-likeness (QED) is 0.835. The normalized spacial score (nSPS) is 21.3. The number of hydrogen-bond donors (Lipinski definition) is 1. The Balaban J connectivity index is 1.80. The number of carbonyl (C=O) groups is 1. The molecule has 0 bridgehead atoms. The molecule has 24 heavy (non-hydrogen) atoms. The molecular weight excluding hydrogens is 324 g/mol. The van der Waals surface area contributed by atoms with Crippen LogP contribution in [0.2, 0.25) is 0 Å². The first-order valence-corrected chi connectivity index (χ1v) is 8.13. The number of nitrogens with one attached hydrogen (secondary N) is 1. The maximum absolute atomic E-state index is 14.0. The van der Waals surface area contributed by atoms with Crippen molar-refractivity contribution >= 4 is 5.91 Å². The minimum atomic E-state index is -4.52. The number of hydrogen-bond acceptors (Lipinski definition) is 2. The second-order valence-corrected chi connectivity index (χ2v) is 6.80. The molecule has 1 N–H and O–H groups in total. The molecule has 0 radical (unpaired) electrons. The molecule has 2 fully saturated rings. The number of nitrogens with zero attached hydrogens (tertiary/aromatic N) is 1. The lowest BCUT2D eigenvalue weighted by Crippen LogP contribution is -2.50. The van der Waals surface area contributed by atoms with Crippen molar-refractivity contribution in [2.24, 2.45) is 5.41 Å². The molecule has 2 saturated heterocycles. The maximum Gasteiger partial charge on any atom is 0.416 e. The predicted molar refractivity (Wildman–Crippen MR) is 80.6 cm³/mol. The molecular formula is C17H20F4N2O. The monoisotopic (exact) mass is 344 g/mol. The summed E-state index contributed by atoms with van der Waals surface area (Å²) in [6, 6.07) is 2.37. The summed E-state index contributed by atoms with van der Waals surface area (Å²) < 4.78 is 52.4. The summed E-state index contributed by atoms with van der Waals surface area (Å²) in [5.74, 6) is -0.822. The third-order valence-corrected chi connectivity index (χ3v) is 5.15. The fourth-order valence-electron chi connectivity index (χ4n) is 3.69. The summed E-state index contributed by atoms with van der Waals surface area (Å²) in [6.45, 7) is 2.13. The van der Waals surface area contributed by atoms with Crippen LogP contribution in [0.15, 0.2) is 18.2 Å². The van der Waals surface area contributed by atoms with Crippen LogP contribution in [0.5, 0.6) is 0 Å². The third kappa shape index (κ3) is 3.55. The molecule has 1 amide bonds. The lowest BCUT2D eigenvalue weighted by molar-refractivity contribution is -0.139. The standard InChI is InChI=1S/C17H20F4N2O/c18-14-2-1-13(17(19,20)21)9-12(14)10-23-11-16(4-3-15(23)24)5-7-22-8-6-16/h1-2,9,22H,3-8,10-11H2. The van der Waals surface area contributed by atoms with E-state index in [2.05, 4.69) is 5.32 Å². The van der Waals surface area contributed by atoms with Crippen molar-refractivity contribution in [1.29, 1.82) is 0 Å². The van der Waals surface area contributed by atoms with Crippen molar-refractivity contribution in [3.63, 3.8) is 0 Å². The molecule has 2 aliphatic rings. The maximum atomic E-state index is 14.0. The number of alkyl halides is 3. The minimum absolute atomic E-state index is 0.0112. The molecule has 0 aromatic heterocycles. The highest BCUT2D eigenvalue weighted by Crippen LogP contribution is 2.39. The molecule has 2 heterocycles. The molecule has 2 aliphatic heterocycles. The summed E-state index contributed by atoms with van der Waals surface area (Å²) in [5.41, 5.74) is -0.957. The summed E-state index contributed by atoms with van der Waals surface area (Å²) in [6.07, 6.45) is -1.48. The Morgan fingerprint density at radius 2 is 1.88 bits per heavy atom. The minimum Gasteiger partial charge on any atom is -0.338 e.